The Bertz CT molecular complexity index is 1170. The number of ether oxygens (including phenoxy) is 2. The average molecular weight is 480 g/mol. The molecule has 0 aliphatic carbocycles. The van der Waals surface area contributed by atoms with Crippen LogP contribution in [0.4, 0.5) is 8.78 Å². The van der Waals surface area contributed by atoms with Gasteiger partial charge in [-0.15, -0.1) is 21.8 Å². The monoisotopic (exact) mass is 479 g/mol. The van der Waals surface area contributed by atoms with Crippen LogP contribution in [0.25, 0.3) is 11.4 Å². The predicted molar refractivity (Wildman–Crippen MR) is 114 cm³/mol. The van der Waals surface area contributed by atoms with E-state index in [-0.39, 0.29) is 17.4 Å². The van der Waals surface area contributed by atoms with Crippen LogP contribution in [0.5, 0.6) is 11.5 Å². The first kappa shape index (κ1) is 23.9. The van der Waals surface area contributed by atoms with Crippen molar-refractivity contribution < 1.29 is 18.3 Å². The largest absolute Gasteiger partial charge is 0.494 e. The number of nitrogens with zero attached hydrogens (tertiary/aromatic N) is 8. The van der Waals surface area contributed by atoms with Crippen molar-refractivity contribution in [1.82, 2.24) is 45.7 Å². The van der Waals surface area contributed by atoms with E-state index in [2.05, 4.69) is 36.4 Å². The van der Waals surface area contributed by atoms with Gasteiger partial charge < -0.3 is 14.8 Å². The van der Waals surface area contributed by atoms with E-state index in [9.17, 15) is 8.78 Å². The van der Waals surface area contributed by atoms with E-state index in [4.69, 9.17) is 21.1 Å². The zero-order valence-electron chi connectivity index (χ0n) is 17.9. The molecule has 1 N–H and O–H groups in total. The minimum atomic E-state index is -0.495. The van der Waals surface area contributed by atoms with Gasteiger partial charge in [-0.2, -0.15) is 0 Å². The van der Waals surface area contributed by atoms with Crippen molar-refractivity contribution in [3.8, 4) is 22.9 Å². The molecule has 2 aromatic carbocycles. The lowest BCUT2D eigenvalue weighted by Crippen LogP contribution is -2.12. The lowest BCUT2D eigenvalue weighted by Gasteiger charge is -2.12. The average Bonchev–Trinajstić information content (AvgIpc) is 3.55. The Labute approximate surface area is 192 Å². The highest BCUT2D eigenvalue weighted by Gasteiger charge is 2.16. The van der Waals surface area contributed by atoms with Gasteiger partial charge in [-0.05, 0) is 52.2 Å². The van der Waals surface area contributed by atoms with E-state index in [0.29, 0.717) is 29.0 Å². The summed E-state index contributed by atoms with van der Waals surface area (Å²) >= 11 is 5.71. The number of benzene rings is 2. The fourth-order valence-electron chi connectivity index (χ4n) is 2.94. The minimum Gasteiger partial charge on any atom is -0.494 e. The zero-order valence-corrected chi connectivity index (χ0v) is 18.7. The molecule has 11 nitrogen and oxygen atoms in total. The summed E-state index contributed by atoms with van der Waals surface area (Å²) < 4.78 is 40.5. The summed E-state index contributed by atoms with van der Waals surface area (Å²) in [5.41, 5.74) is 1.84. The van der Waals surface area contributed by atoms with E-state index in [1.54, 1.807) is 25.2 Å². The summed E-state index contributed by atoms with van der Waals surface area (Å²) in [6.45, 7) is 0.359. The molecule has 0 amide bonds. The van der Waals surface area contributed by atoms with Gasteiger partial charge in [0.15, 0.2) is 23.1 Å². The maximum absolute atomic E-state index is 14.1. The fourth-order valence-corrected chi connectivity index (χ4v) is 3.19. The van der Waals surface area contributed by atoms with Crippen molar-refractivity contribution in [2.24, 2.45) is 0 Å². The molecule has 0 aliphatic heterocycles. The second-order valence-electron chi connectivity index (χ2n) is 6.33. The second-order valence-corrected chi connectivity index (χ2v) is 6.60. The normalized spacial score (nSPS) is 10.5. The maximum atomic E-state index is 14.1. The standard InChI is InChI=1S/C10H12FN5O.C9H8ClFN4O/c1-12-5-7-8(16-6-13-14-15-16)3-4-9(17-2)10(7)11;1-16-8-3-2-7(6(4-10)9(8)11)15-5-12-13-14-15/h3-4,6,12H,5H2,1-2H3;2-3,5H,4H2,1H3. The molecule has 0 saturated carbocycles. The van der Waals surface area contributed by atoms with Crippen molar-refractivity contribution in [3.05, 3.63) is 59.7 Å². The molecule has 0 bridgehead atoms. The first-order chi connectivity index (χ1) is 16.0. The molecule has 4 rings (SSSR count). The summed E-state index contributed by atoms with van der Waals surface area (Å²) in [6, 6.07) is 6.41. The molecule has 2 heterocycles. The number of halogens is 3. The Kier molecular flexibility index (Phi) is 8.16. The molecule has 4 aromatic rings. The Morgan fingerprint density at radius 2 is 1.33 bits per heavy atom. The Hall–Kier alpha value is -3.71. The molecule has 0 fully saturated rings. The van der Waals surface area contributed by atoms with Crippen LogP contribution < -0.4 is 14.8 Å². The number of methoxy groups -OCH3 is 2. The summed E-state index contributed by atoms with van der Waals surface area (Å²) in [4.78, 5) is 0. The highest BCUT2D eigenvalue weighted by molar-refractivity contribution is 6.17. The molecule has 0 unspecified atom stereocenters. The third-order valence-corrected chi connectivity index (χ3v) is 4.75. The Balaban J connectivity index is 0.000000186. The van der Waals surface area contributed by atoms with E-state index in [0.717, 1.165) is 0 Å². The van der Waals surface area contributed by atoms with Crippen LogP contribution in [0.3, 0.4) is 0 Å². The van der Waals surface area contributed by atoms with Crippen LogP contribution in [0.15, 0.2) is 36.9 Å². The second kappa shape index (κ2) is 11.2. The van der Waals surface area contributed by atoms with Gasteiger partial charge in [0.1, 0.15) is 12.7 Å². The third-order valence-electron chi connectivity index (χ3n) is 4.48. The third kappa shape index (κ3) is 5.21. The number of hydrogen-bond donors (Lipinski definition) is 1. The molecular formula is C19H20ClF2N9O2. The molecule has 174 valence electrons. The minimum absolute atomic E-state index is 0.0121. The molecule has 14 heteroatoms. The van der Waals surface area contributed by atoms with Gasteiger partial charge in [-0.25, -0.2) is 18.1 Å². The van der Waals surface area contributed by atoms with Crippen LogP contribution in [-0.2, 0) is 12.4 Å². The van der Waals surface area contributed by atoms with Gasteiger partial charge in [-0.1, -0.05) is 0 Å². The summed E-state index contributed by atoms with van der Waals surface area (Å²) in [6.07, 6.45) is 2.79. The number of tetrazole rings is 2. The van der Waals surface area contributed by atoms with E-state index >= 15 is 0 Å². The van der Waals surface area contributed by atoms with Crippen LogP contribution in [-0.4, -0.2) is 61.7 Å². The van der Waals surface area contributed by atoms with Gasteiger partial charge in [0.25, 0.3) is 0 Å². The first-order valence-electron chi connectivity index (χ1n) is 9.43. The number of nitrogens with one attached hydrogen (secondary N) is 1. The van der Waals surface area contributed by atoms with E-state index < -0.39 is 11.6 Å². The van der Waals surface area contributed by atoms with Crippen LogP contribution in [0.1, 0.15) is 11.1 Å². The molecule has 0 radical (unpaired) electrons. The molecular weight excluding hydrogens is 460 g/mol. The summed E-state index contributed by atoms with van der Waals surface area (Å²) in [7, 11) is 4.56. The van der Waals surface area contributed by atoms with Gasteiger partial charge in [-0.3, -0.25) is 0 Å². The molecule has 2 aromatic heterocycles. The molecule has 0 spiro atoms. The lowest BCUT2D eigenvalue weighted by molar-refractivity contribution is 0.383. The molecule has 0 saturated heterocycles. The van der Waals surface area contributed by atoms with Gasteiger partial charge in [0, 0.05) is 17.7 Å². The molecule has 0 aliphatic rings. The van der Waals surface area contributed by atoms with Crippen molar-refractivity contribution in [3.63, 3.8) is 0 Å². The SMILES string of the molecule is CNCc1c(-n2cnnn2)ccc(OC)c1F.COc1ccc(-n2cnnn2)c(CCl)c1F. The summed E-state index contributed by atoms with van der Waals surface area (Å²) in [5, 5.41) is 24.4. The van der Waals surface area contributed by atoms with E-state index in [1.165, 1.54) is 42.3 Å². The highest BCUT2D eigenvalue weighted by Crippen LogP contribution is 2.27. The maximum Gasteiger partial charge on any atom is 0.171 e. The van der Waals surface area contributed by atoms with E-state index in [1.807, 2.05) is 0 Å². The van der Waals surface area contributed by atoms with Crippen LogP contribution in [0.2, 0.25) is 0 Å². The number of rotatable bonds is 7. The molecule has 0 atom stereocenters. The Morgan fingerprint density at radius 3 is 1.73 bits per heavy atom. The van der Waals surface area contributed by atoms with Gasteiger partial charge in [0.2, 0.25) is 0 Å². The first-order valence-corrected chi connectivity index (χ1v) is 9.97. The number of aromatic nitrogens is 8. The zero-order chi connectivity index (χ0) is 23.8. The van der Waals surface area contributed by atoms with Crippen LogP contribution in [0, 0.1) is 11.6 Å². The lowest BCUT2D eigenvalue weighted by atomic mass is 10.1. The van der Waals surface area contributed by atoms with Crippen molar-refractivity contribution in [1.29, 1.82) is 0 Å². The highest BCUT2D eigenvalue weighted by atomic mass is 35.5. The topological polar surface area (TPSA) is 118 Å². The number of alkyl halides is 1. The van der Waals surface area contributed by atoms with Crippen LogP contribution >= 0.6 is 11.6 Å². The Morgan fingerprint density at radius 1 is 0.848 bits per heavy atom. The van der Waals surface area contributed by atoms with Gasteiger partial charge >= 0.3 is 0 Å². The molecule has 33 heavy (non-hydrogen) atoms. The smallest absolute Gasteiger partial charge is 0.171 e. The van der Waals surface area contributed by atoms with Crippen molar-refractivity contribution in [2.75, 3.05) is 21.3 Å². The number of hydrogen-bond acceptors (Lipinski definition) is 9. The fraction of sp³-hybridized carbons (Fsp3) is 0.263. The van der Waals surface area contributed by atoms with Crippen molar-refractivity contribution in [2.45, 2.75) is 12.4 Å². The van der Waals surface area contributed by atoms with Crippen molar-refractivity contribution >= 4 is 11.6 Å². The quantitative estimate of drug-likeness (QED) is 0.397. The summed E-state index contributed by atoms with van der Waals surface area (Å²) in [5.74, 6) is -0.544. The predicted octanol–water partition coefficient (Wildman–Crippen LogP) is 2.08. The van der Waals surface area contributed by atoms with Gasteiger partial charge in [0.05, 0.1) is 31.5 Å².